The summed E-state index contributed by atoms with van der Waals surface area (Å²) in [5, 5.41) is 0. The molecule has 31 heavy (non-hydrogen) atoms. The number of aryl methyl sites for hydroxylation is 1. The number of nitrogens with zero attached hydrogens (tertiary/aromatic N) is 3. The van der Waals surface area contributed by atoms with Gasteiger partial charge in [-0.25, -0.2) is 0 Å². The zero-order valence-corrected chi connectivity index (χ0v) is 18.1. The lowest BCUT2D eigenvalue weighted by Crippen LogP contribution is -2.54. The van der Waals surface area contributed by atoms with Crippen molar-refractivity contribution in [2.75, 3.05) is 56.7 Å². The number of ether oxygens (including phenoxy) is 2. The van der Waals surface area contributed by atoms with Gasteiger partial charge >= 0.3 is 0 Å². The molecule has 1 saturated heterocycles. The van der Waals surface area contributed by atoms with Crippen LogP contribution in [0.1, 0.15) is 12.0 Å². The Morgan fingerprint density at radius 1 is 1.03 bits per heavy atom. The highest BCUT2D eigenvalue weighted by atomic mass is 16.5. The van der Waals surface area contributed by atoms with Gasteiger partial charge in [0, 0.05) is 39.3 Å². The summed E-state index contributed by atoms with van der Waals surface area (Å²) in [6.45, 7) is 2.40. The van der Waals surface area contributed by atoms with Crippen LogP contribution in [0, 0.1) is 0 Å². The topological polar surface area (TPSA) is 62.3 Å². The molecule has 0 saturated carbocycles. The average molecular weight is 424 g/mol. The first kappa shape index (κ1) is 21.2. The van der Waals surface area contributed by atoms with Crippen LogP contribution in [0.2, 0.25) is 0 Å². The van der Waals surface area contributed by atoms with E-state index in [-0.39, 0.29) is 18.4 Å². The first-order valence-electron chi connectivity index (χ1n) is 10.7. The summed E-state index contributed by atoms with van der Waals surface area (Å²) >= 11 is 0. The fourth-order valence-electron chi connectivity index (χ4n) is 3.93. The number of anilines is 2. The molecule has 2 aromatic rings. The Bertz CT molecular complexity index is 923. The number of para-hydroxylation sites is 2. The van der Waals surface area contributed by atoms with Crippen LogP contribution in [0.5, 0.6) is 5.75 Å². The first-order valence-corrected chi connectivity index (χ1v) is 10.7. The number of morpholine rings is 1. The second-order valence-corrected chi connectivity index (χ2v) is 8.08. The molecule has 7 nitrogen and oxygen atoms in total. The molecule has 2 aliphatic heterocycles. The van der Waals surface area contributed by atoms with E-state index in [2.05, 4.69) is 24.3 Å². The van der Waals surface area contributed by atoms with E-state index in [1.165, 1.54) is 0 Å². The number of rotatable bonds is 5. The maximum Gasteiger partial charge on any atom is 0.265 e. The molecule has 1 atom stereocenters. The number of fused-ring (bicyclic) bond motifs is 1. The summed E-state index contributed by atoms with van der Waals surface area (Å²) in [4.78, 5) is 31.7. The summed E-state index contributed by atoms with van der Waals surface area (Å²) in [5.41, 5.74) is 2.96. The lowest BCUT2D eigenvalue weighted by molar-refractivity contribution is -0.142. The molecule has 1 unspecified atom stereocenters. The molecule has 0 N–H and O–H groups in total. The van der Waals surface area contributed by atoms with Crippen molar-refractivity contribution in [3.8, 4) is 5.75 Å². The van der Waals surface area contributed by atoms with Crippen molar-refractivity contribution in [3.05, 3.63) is 54.1 Å². The lowest BCUT2D eigenvalue weighted by Gasteiger charge is -2.37. The van der Waals surface area contributed by atoms with E-state index in [9.17, 15) is 9.59 Å². The summed E-state index contributed by atoms with van der Waals surface area (Å²) in [6, 6.07) is 15.6. The van der Waals surface area contributed by atoms with Crippen LogP contribution in [0.4, 0.5) is 11.4 Å². The number of hydrogen-bond acceptors (Lipinski definition) is 5. The third-order valence-corrected chi connectivity index (χ3v) is 5.75. The molecule has 2 heterocycles. The van der Waals surface area contributed by atoms with Crippen molar-refractivity contribution in [1.29, 1.82) is 0 Å². The Hall–Kier alpha value is -3.06. The third kappa shape index (κ3) is 4.82. The normalized spacial score (nSPS) is 18.2. The molecule has 2 aromatic carbocycles. The molecular weight excluding hydrogens is 394 g/mol. The Balaban J connectivity index is 1.46. The maximum absolute atomic E-state index is 13.2. The van der Waals surface area contributed by atoms with E-state index in [4.69, 9.17) is 9.47 Å². The van der Waals surface area contributed by atoms with Gasteiger partial charge in [-0.2, -0.15) is 0 Å². The number of amides is 2. The minimum atomic E-state index is -0.698. The largest absolute Gasteiger partial charge is 0.476 e. The first-order chi connectivity index (χ1) is 15.0. The van der Waals surface area contributed by atoms with Gasteiger partial charge in [0.05, 0.1) is 25.4 Å². The van der Waals surface area contributed by atoms with Crippen LogP contribution < -0.4 is 14.5 Å². The van der Waals surface area contributed by atoms with Crippen LogP contribution in [-0.4, -0.2) is 69.8 Å². The molecule has 0 radical (unpaired) electrons. The van der Waals surface area contributed by atoms with E-state index in [0.29, 0.717) is 44.9 Å². The van der Waals surface area contributed by atoms with Gasteiger partial charge in [0.1, 0.15) is 5.75 Å². The fourth-order valence-corrected chi connectivity index (χ4v) is 3.93. The number of hydrogen-bond donors (Lipinski definition) is 0. The van der Waals surface area contributed by atoms with E-state index in [1.54, 1.807) is 9.80 Å². The maximum atomic E-state index is 13.2. The van der Waals surface area contributed by atoms with Crippen molar-refractivity contribution in [2.24, 2.45) is 0 Å². The summed E-state index contributed by atoms with van der Waals surface area (Å²) in [7, 11) is 4.01. The number of carbonyl (C=O) groups is 2. The molecule has 2 aliphatic rings. The van der Waals surface area contributed by atoms with Gasteiger partial charge in [-0.15, -0.1) is 0 Å². The Morgan fingerprint density at radius 3 is 2.45 bits per heavy atom. The Labute approximate surface area is 183 Å². The summed E-state index contributed by atoms with van der Waals surface area (Å²) in [5.74, 6) is 0.478. The standard InChI is InChI=1S/C24H29N3O4/c1-25(2)19-10-7-18(8-11-19)9-12-23(28)27-17-22(24(29)26-13-15-30-16-14-26)31-21-6-4-3-5-20(21)27/h3-8,10-11,22H,9,12-17H2,1-2H3. The smallest absolute Gasteiger partial charge is 0.265 e. The highest BCUT2D eigenvalue weighted by molar-refractivity contribution is 5.97. The molecule has 4 rings (SSSR count). The molecule has 7 heteroatoms. The van der Waals surface area contributed by atoms with Crippen LogP contribution in [0.15, 0.2) is 48.5 Å². The monoisotopic (exact) mass is 423 g/mol. The van der Waals surface area contributed by atoms with Crippen molar-refractivity contribution < 1.29 is 19.1 Å². The quantitative estimate of drug-likeness (QED) is 0.739. The molecule has 1 fully saturated rings. The van der Waals surface area contributed by atoms with Crippen LogP contribution in [0.25, 0.3) is 0 Å². The summed E-state index contributed by atoms with van der Waals surface area (Å²) in [6.07, 6.45) is 0.318. The second kappa shape index (κ2) is 9.39. The van der Waals surface area contributed by atoms with Crippen molar-refractivity contribution in [1.82, 2.24) is 4.90 Å². The second-order valence-electron chi connectivity index (χ2n) is 8.08. The van der Waals surface area contributed by atoms with Gasteiger partial charge in [0.25, 0.3) is 5.91 Å². The van der Waals surface area contributed by atoms with Gasteiger partial charge in [-0.3, -0.25) is 9.59 Å². The van der Waals surface area contributed by atoms with Crippen LogP contribution in [-0.2, 0) is 20.7 Å². The van der Waals surface area contributed by atoms with Gasteiger partial charge < -0.3 is 24.2 Å². The molecule has 0 bridgehead atoms. The van der Waals surface area contributed by atoms with Crippen LogP contribution in [0.3, 0.4) is 0 Å². The number of carbonyl (C=O) groups excluding carboxylic acids is 2. The highest BCUT2D eigenvalue weighted by Gasteiger charge is 2.36. The summed E-state index contributed by atoms with van der Waals surface area (Å²) < 4.78 is 11.3. The predicted molar refractivity (Wildman–Crippen MR) is 120 cm³/mol. The predicted octanol–water partition coefficient (Wildman–Crippen LogP) is 2.34. The number of benzene rings is 2. The van der Waals surface area contributed by atoms with E-state index < -0.39 is 6.10 Å². The highest BCUT2D eigenvalue weighted by Crippen LogP contribution is 2.34. The van der Waals surface area contributed by atoms with Crippen molar-refractivity contribution in [3.63, 3.8) is 0 Å². The minimum Gasteiger partial charge on any atom is -0.476 e. The third-order valence-electron chi connectivity index (χ3n) is 5.75. The van der Waals surface area contributed by atoms with Crippen molar-refractivity contribution in [2.45, 2.75) is 18.9 Å². The molecule has 0 spiro atoms. The zero-order chi connectivity index (χ0) is 21.8. The van der Waals surface area contributed by atoms with E-state index in [1.807, 2.05) is 43.3 Å². The molecular formula is C24H29N3O4. The minimum absolute atomic E-state index is 0.00721. The fraction of sp³-hybridized carbons (Fsp3) is 0.417. The van der Waals surface area contributed by atoms with Gasteiger partial charge in [-0.05, 0) is 36.2 Å². The average Bonchev–Trinajstić information content (AvgIpc) is 2.82. The Kier molecular flexibility index (Phi) is 6.42. The SMILES string of the molecule is CN(C)c1ccc(CCC(=O)N2CC(C(=O)N3CCOCC3)Oc3ccccc32)cc1. The van der Waals surface area contributed by atoms with E-state index >= 15 is 0 Å². The van der Waals surface area contributed by atoms with E-state index in [0.717, 1.165) is 16.9 Å². The molecule has 164 valence electrons. The van der Waals surface area contributed by atoms with Gasteiger partial charge in [-0.1, -0.05) is 24.3 Å². The van der Waals surface area contributed by atoms with Gasteiger partial charge in [0.2, 0.25) is 5.91 Å². The molecule has 0 aromatic heterocycles. The molecule has 0 aliphatic carbocycles. The van der Waals surface area contributed by atoms with Crippen molar-refractivity contribution >= 4 is 23.2 Å². The van der Waals surface area contributed by atoms with Gasteiger partial charge in [0.15, 0.2) is 6.10 Å². The Morgan fingerprint density at radius 2 is 1.74 bits per heavy atom. The van der Waals surface area contributed by atoms with Crippen LogP contribution >= 0.6 is 0 Å². The molecule has 2 amide bonds. The zero-order valence-electron chi connectivity index (χ0n) is 18.1. The lowest BCUT2D eigenvalue weighted by atomic mass is 10.1.